The number of allylic oxidation sites excluding steroid dienone is 2. The summed E-state index contributed by atoms with van der Waals surface area (Å²) in [6, 6.07) is 3.93. The SMILES string of the molecule is C/C=C(/c1c(S)cnc(Nc2ccc(N3CCN(CC)CC3)cn2)c1F)C1CCCC1. The third kappa shape index (κ3) is 4.88. The van der Waals surface area contributed by atoms with Crippen LogP contribution in [0.3, 0.4) is 0 Å². The minimum atomic E-state index is -0.353. The van der Waals surface area contributed by atoms with E-state index in [0.29, 0.717) is 22.2 Å². The van der Waals surface area contributed by atoms with Gasteiger partial charge in [-0.2, -0.15) is 0 Å². The van der Waals surface area contributed by atoms with E-state index in [0.717, 1.165) is 56.8 Å². The molecule has 0 atom stereocenters. The molecule has 0 radical (unpaired) electrons. The van der Waals surface area contributed by atoms with Crippen molar-refractivity contribution in [1.29, 1.82) is 0 Å². The maximum absolute atomic E-state index is 15.5. The largest absolute Gasteiger partial charge is 0.368 e. The molecule has 4 rings (SSSR count). The minimum Gasteiger partial charge on any atom is -0.368 e. The lowest BCUT2D eigenvalue weighted by Gasteiger charge is -2.35. The Kier molecular flexibility index (Phi) is 7.13. The molecule has 0 aromatic carbocycles. The van der Waals surface area contributed by atoms with Gasteiger partial charge < -0.3 is 15.1 Å². The summed E-state index contributed by atoms with van der Waals surface area (Å²) in [6.45, 7) is 9.41. The molecule has 0 bridgehead atoms. The number of likely N-dealkylation sites (N-methyl/N-ethyl adjacent to an activating group) is 1. The van der Waals surface area contributed by atoms with Gasteiger partial charge in [0.15, 0.2) is 11.6 Å². The quantitative estimate of drug-likeness (QED) is 0.589. The number of rotatable bonds is 6. The first-order chi connectivity index (χ1) is 15.1. The van der Waals surface area contributed by atoms with E-state index in [-0.39, 0.29) is 11.6 Å². The molecule has 7 heteroatoms. The highest BCUT2D eigenvalue weighted by Gasteiger charge is 2.25. The zero-order chi connectivity index (χ0) is 21.8. The van der Waals surface area contributed by atoms with E-state index >= 15 is 4.39 Å². The molecule has 1 aliphatic heterocycles. The Labute approximate surface area is 190 Å². The first-order valence-corrected chi connectivity index (χ1v) is 11.8. The van der Waals surface area contributed by atoms with Gasteiger partial charge in [-0.05, 0) is 49.9 Å². The van der Waals surface area contributed by atoms with Gasteiger partial charge in [0.1, 0.15) is 5.82 Å². The number of aromatic nitrogens is 2. The molecule has 1 aliphatic carbocycles. The van der Waals surface area contributed by atoms with E-state index in [9.17, 15) is 0 Å². The Morgan fingerprint density at radius 3 is 2.52 bits per heavy atom. The molecule has 0 amide bonds. The topological polar surface area (TPSA) is 44.3 Å². The highest BCUT2D eigenvalue weighted by Crippen LogP contribution is 2.40. The summed E-state index contributed by atoms with van der Waals surface area (Å²) in [5.41, 5.74) is 2.71. The number of hydrogen-bond donors (Lipinski definition) is 2. The van der Waals surface area contributed by atoms with Crippen molar-refractivity contribution in [2.24, 2.45) is 5.92 Å². The van der Waals surface area contributed by atoms with Gasteiger partial charge in [-0.15, -0.1) is 12.6 Å². The Bertz CT molecular complexity index is 916. The van der Waals surface area contributed by atoms with Gasteiger partial charge in [-0.25, -0.2) is 14.4 Å². The summed E-state index contributed by atoms with van der Waals surface area (Å²) >= 11 is 4.52. The van der Waals surface area contributed by atoms with Gasteiger partial charge in [0.2, 0.25) is 0 Å². The fourth-order valence-electron chi connectivity index (χ4n) is 4.75. The van der Waals surface area contributed by atoms with Crippen LogP contribution in [0.4, 0.5) is 21.7 Å². The van der Waals surface area contributed by atoms with Crippen LogP contribution in [0, 0.1) is 11.7 Å². The fourth-order valence-corrected chi connectivity index (χ4v) is 5.04. The zero-order valence-corrected chi connectivity index (χ0v) is 19.3. The Hall–Kier alpha value is -2.12. The molecule has 0 unspecified atom stereocenters. The second kappa shape index (κ2) is 10.0. The normalized spacial score (nSPS) is 18.6. The second-order valence-corrected chi connectivity index (χ2v) is 8.84. The Morgan fingerprint density at radius 1 is 1.16 bits per heavy atom. The Morgan fingerprint density at radius 2 is 1.90 bits per heavy atom. The van der Waals surface area contributed by atoms with Crippen molar-refractivity contribution in [2.75, 3.05) is 42.9 Å². The van der Waals surface area contributed by atoms with E-state index in [1.165, 1.54) is 12.8 Å². The van der Waals surface area contributed by atoms with E-state index in [4.69, 9.17) is 0 Å². The predicted molar refractivity (Wildman–Crippen MR) is 129 cm³/mol. The number of pyridine rings is 2. The number of nitrogens with zero attached hydrogens (tertiary/aromatic N) is 4. The first kappa shape index (κ1) is 22.1. The number of thiol groups is 1. The third-order valence-corrected chi connectivity index (χ3v) is 6.91. The van der Waals surface area contributed by atoms with Crippen molar-refractivity contribution in [3.05, 3.63) is 42.0 Å². The van der Waals surface area contributed by atoms with Gasteiger partial charge >= 0.3 is 0 Å². The first-order valence-electron chi connectivity index (χ1n) is 11.3. The van der Waals surface area contributed by atoms with Gasteiger partial charge in [-0.3, -0.25) is 0 Å². The van der Waals surface area contributed by atoms with Crippen LogP contribution in [0.5, 0.6) is 0 Å². The van der Waals surface area contributed by atoms with Crippen molar-refractivity contribution < 1.29 is 4.39 Å². The smallest absolute Gasteiger partial charge is 0.174 e. The van der Waals surface area contributed by atoms with Crippen LogP contribution in [0.25, 0.3) is 5.57 Å². The molecular formula is C24H32FN5S. The highest BCUT2D eigenvalue weighted by molar-refractivity contribution is 7.80. The zero-order valence-electron chi connectivity index (χ0n) is 18.4. The maximum Gasteiger partial charge on any atom is 0.174 e. The van der Waals surface area contributed by atoms with E-state index in [1.54, 1.807) is 6.20 Å². The van der Waals surface area contributed by atoms with Crippen molar-refractivity contribution >= 4 is 35.5 Å². The molecule has 2 fully saturated rings. The van der Waals surface area contributed by atoms with E-state index in [1.807, 2.05) is 31.3 Å². The molecule has 1 saturated heterocycles. The molecule has 2 aliphatic rings. The molecular weight excluding hydrogens is 409 g/mol. The van der Waals surface area contributed by atoms with Crippen LogP contribution in [0.1, 0.15) is 45.1 Å². The monoisotopic (exact) mass is 441 g/mol. The lowest BCUT2D eigenvalue weighted by atomic mass is 9.91. The Balaban J connectivity index is 1.50. The van der Waals surface area contributed by atoms with Crippen LogP contribution < -0.4 is 10.2 Å². The summed E-state index contributed by atoms with van der Waals surface area (Å²) in [5, 5.41) is 3.07. The van der Waals surface area contributed by atoms with Crippen LogP contribution in [-0.2, 0) is 0 Å². The van der Waals surface area contributed by atoms with Crippen LogP contribution >= 0.6 is 12.6 Å². The summed E-state index contributed by atoms with van der Waals surface area (Å²) < 4.78 is 15.5. The molecule has 0 spiro atoms. The lowest BCUT2D eigenvalue weighted by molar-refractivity contribution is 0.271. The summed E-state index contributed by atoms with van der Waals surface area (Å²) in [5.74, 6) is 0.824. The molecule has 1 saturated carbocycles. The molecule has 31 heavy (non-hydrogen) atoms. The lowest BCUT2D eigenvalue weighted by Crippen LogP contribution is -2.46. The molecule has 2 aromatic rings. The van der Waals surface area contributed by atoms with E-state index < -0.39 is 0 Å². The average molecular weight is 442 g/mol. The molecule has 166 valence electrons. The van der Waals surface area contributed by atoms with Crippen LogP contribution in [-0.4, -0.2) is 47.6 Å². The highest BCUT2D eigenvalue weighted by atomic mass is 32.1. The van der Waals surface area contributed by atoms with Crippen LogP contribution in [0.2, 0.25) is 0 Å². The molecule has 2 aromatic heterocycles. The standard InChI is InChI=1S/C24H32FN5S/c1-3-19(17-7-5-6-8-17)22-20(31)16-27-24(23(22)25)28-21-10-9-18(15-26-21)30-13-11-29(4-2)12-14-30/h3,9-10,15-17,31H,4-8,11-14H2,1-2H3,(H,26,27,28)/b19-3+. The van der Waals surface area contributed by atoms with Crippen molar-refractivity contribution in [1.82, 2.24) is 14.9 Å². The van der Waals surface area contributed by atoms with Gasteiger partial charge in [0, 0.05) is 42.8 Å². The summed E-state index contributed by atoms with van der Waals surface area (Å²) in [7, 11) is 0. The molecule has 1 N–H and O–H groups in total. The number of hydrogen-bond acceptors (Lipinski definition) is 6. The number of halogens is 1. The maximum atomic E-state index is 15.5. The van der Waals surface area contributed by atoms with Crippen LogP contribution in [0.15, 0.2) is 35.5 Å². The van der Waals surface area contributed by atoms with Crippen molar-refractivity contribution in [3.63, 3.8) is 0 Å². The van der Waals surface area contributed by atoms with Gasteiger partial charge in [-0.1, -0.05) is 25.8 Å². The predicted octanol–water partition coefficient (Wildman–Crippen LogP) is 5.38. The molecule has 3 heterocycles. The fraction of sp³-hybridized carbons (Fsp3) is 0.500. The third-order valence-electron chi connectivity index (χ3n) is 6.57. The number of piperazine rings is 1. The second-order valence-electron chi connectivity index (χ2n) is 8.35. The number of nitrogens with one attached hydrogen (secondary N) is 1. The molecule has 5 nitrogen and oxygen atoms in total. The van der Waals surface area contributed by atoms with Gasteiger partial charge in [0.05, 0.1) is 11.9 Å². The van der Waals surface area contributed by atoms with Gasteiger partial charge in [0.25, 0.3) is 0 Å². The number of anilines is 3. The minimum absolute atomic E-state index is 0.196. The van der Waals surface area contributed by atoms with Crippen molar-refractivity contribution in [3.8, 4) is 0 Å². The summed E-state index contributed by atoms with van der Waals surface area (Å²) in [4.78, 5) is 14.1. The van der Waals surface area contributed by atoms with E-state index in [2.05, 4.69) is 44.6 Å². The average Bonchev–Trinajstić information content (AvgIpc) is 3.34. The van der Waals surface area contributed by atoms with Crippen molar-refractivity contribution in [2.45, 2.75) is 44.4 Å². The summed E-state index contributed by atoms with van der Waals surface area (Å²) in [6.07, 6.45) is 10.1.